The van der Waals surface area contributed by atoms with Gasteiger partial charge in [-0.2, -0.15) is 0 Å². The molecule has 0 saturated carbocycles. The molecule has 2 aromatic rings. The highest BCUT2D eigenvalue weighted by Crippen LogP contribution is 2.31. The average Bonchev–Trinajstić information content (AvgIpc) is 2.84. The van der Waals surface area contributed by atoms with Crippen LogP contribution in [0.3, 0.4) is 0 Å². The monoisotopic (exact) mass is 466 g/mol. The average molecular weight is 467 g/mol. The van der Waals surface area contributed by atoms with E-state index in [0.29, 0.717) is 23.4 Å². The zero-order valence-corrected chi connectivity index (χ0v) is 19.7. The van der Waals surface area contributed by atoms with E-state index in [1.54, 1.807) is 26.1 Å². The molecule has 180 valence electrons. The topological polar surface area (TPSA) is 65.1 Å². The molecule has 0 bridgehead atoms. The molecule has 1 N–H and O–H groups in total. The maximum Gasteiger partial charge on any atom is 0.338 e. The van der Waals surface area contributed by atoms with Crippen LogP contribution >= 0.6 is 0 Å². The number of benzene rings is 2. The number of amides is 2. The first-order valence-corrected chi connectivity index (χ1v) is 11.6. The van der Waals surface area contributed by atoms with Crippen molar-refractivity contribution >= 4 is 12.0 Å². The van der Waals surface area contributed by atoms with Crippen LogP contribution in [0, 0.1) is 5.82 Å². The van der Waals surface area contributed by atoms with Crippen molar-refractivity contribution in [2.45, 2.75) is 19.5 Å². The van der Waals surface area contributed by atoms with Crippen LogP contribution in [-0.4, -0.2) is 73.1 Å². The van der Waals surface area contributed by atoms with E-state index in [0.717, 1.165) is 32.7 Å². The van der Waals surface area contributed by atoms with Crippen LogP contribution in [0.1, 0.15) is 24.1 Å². The second-order valence-electron chi connectivity index (χ2n) is 8.61. The zero-order valence-electron chi connectivity index (χ0n) is 19.7. The van der Waals surface area contributed by atoms with E-state index >= 15 is 0 Å². The predicted molar refractivity (Wildman–Crippen MR) is 127 cm³/mol. The summed E-state index contributed by atoms with van der Waals surface area (Å²) in [5.41, 5.74) is 2.93. The van der Waals surface area contributed by atoms with E-state index in [1.807, 2.05) is 6.07 Å². The Morgan fingerprint density at radius 1 is 1.00 bits per heavy atom. The number of hydrogen-bond donors (Lipinski definition) is 1. The molecule has 2 aromatic carbocycles. The Hall–Kier alpha value is -3.23. The van der Waals surface area contributed by atoms with E-state index in [9.17, 15) is 14.0 Å². The number of rotatable bonds is 7. The van der Waals surface area contributed by atoms with Crippen molar-refractivity contribution < 1.29 is 18.7 Å². The van der Waals surface area contributed by atoms with Crippen molar-refractivity contribution in [3.63, 3.8) is 0 Å². The van der Waals surface area contributed by atoms with Gasteiger partial charge in [0.1, 0.15) is 5.82 Å². The number of likely N-dealkylation sites (N-methyl/N-ethyl adjacent to an activating group) is 1. The van der Waals surface area contributed by atoms with E-state index < -0.39 is 12.0 Å². The van der Waals surface area contributed by atoms with Gasteiger partial charge in [0.15, 0.2) is 0 Å². The summed E-state index contributed by atoms with van der Waals surface area (Å²) >= 11 is 0. The summed E-state index contributed by atoms with van der Waals surface area (Å²) in [5.74, 6) is -0.848. The van der Waals surface area contributed by atoms with Crippen molar-refractivity contribution in [3.05, 3.63) is 82.8 Å². The summed E-state index contributed by atoms with van der Waals surface area (Å²) in [4.78, 5) is 32.0. The van der Waals surface area contributed by atoms with Gasteiger partial charge < -0.3 is 10.1 Å². The van der Waals surface area contributed by atoms with Crippen molar-refractivity contribution in [3.8, 4) is 0 Å². The van der Waals surface area contributed by atoms with Crippen LogP contribution in [0.4, 0.5) is 9.18 Å². The quantitative estimate of drug-likeness (QED) is 0.635. The third-order valence-electron chi connectivity index (χ3n) is 6.36. The third kappa shape index (κ3) is 5.46. The minimum absolute atomic E-state index is 0.224. The van der Waals surface area contributed by atoms with Gasteiger partial charge in [-0.25, -0.2) is 14.0 Å². The number of halogens is 1. The number of piperazine rings is 1. The smallest absolute Gasteiger partial charge is 0.338 e. The second kappa shape index (κ2) is 10.8. The standard InChI is InChI=1S/C26H31FN4O3/c1-3-34-25(32)23-22(29(2)26(33)28-24(23)20-9-11-21(27)12-10-20)18-31-15-13-30(14-16-31)17-19-7-5-4-6-8-19/h4-12,24H,3,13-18H2,1-2H3,(H,28,33)/t24-/m0/s1. The van der Waals surface area contributed by atoms with Crippen molar-refractivity contribution in [1.82, 2.24) is 20.0 Å². The third-order valence-corrected chi connectivity index (χ3v) is 6.36. The van der Waals surface area contributed by atoms with Crippen LogP contribution in [-0.2, 0) is 16.1 Å². The molecule has 1 atom stereocenters. The molecule has 7 nitrogen and oxygen atoms in total. The largest absolute Gasteiger partial charge is 0.463 e. The van der Waals surface area contributed by atoms with E-state index in [2.05, 4.69) is 39.4 Å². The highest BCUT2D eigenvalue weighted by molar-refractivity contribution is 5.95. The fourth-order valence-electron chi connectivity index (χ4n) is 4.46. The van der Waals surface area contributed by atoms with E-state index in [-0.39, 0.29) is 18.5 Å². The summed E-state index contributed by atoms with van der Waals surface area (Å²) in [6.07, 6.45) is 0. The normalized spacial score (nSPS) is 19.8. The molecular weight excluding hydrogens is 435 g/mol. The molecule has 34 heavy (non-hydrogen) atoms. The van der Waals surface area contributed by atoms with Crippen LogP contribution < -0.4 is 5.32 Å². The van der Waals surface area contributed by atoms with Gasteiger partial charge in [0.05, 0.1) is 18.2 Å². The number of carbonyl (C=O) groups is 2. The lowest BCUT2D eigenvalue weighted by Gasteiger charge is -2.39. The van der Waals surface area contributed by atoms with Gasteiger partial charge in [-0.15, -0.1) is 0 Å². The van der Waals surface area contributed by atoms with Gasteiger partial charge in [0.25, 0.3) is 0 Å². The molecule has 2 amide bonds. The maximum absolute atomic E-state index is 13.5. The molecule has 0 aliphatic carbocycles. The molecule has 4 rings (SSSR count). The number of nitrogens with zero attached hydrogens (tertiary/aromatic N) is 3. The molecule has 2 heterocycles. The molecule has 0 aromatic heterocycles. The molecule has 1 saturated heterocycles. The number of hydrogen-bond acceptors (Lipinski definition) is 5. The molecule has 0 spiro atoms. The Morgan fingerprint density at radius 2 is 1.62 bits per heavy atom. The Kier molecular flexibility index (Phi) is 7.59. The SMILES string of the molecule is CCOC(=O)C1=C(CN2CCN(Cc3ccccc3)CC2)N(C)C(=O)N[C@H]1c1ccc(F)cc1. The molecule has 0 radical (unpaired) electrons. The lowest BCUT2D eigenvalue weighted by atomic mass is 9.94. The van der Waals surface area contributed by atoms with Gasteiger partial charge >= 0.3 is 12.0 Å². The van der Waals surface area contributed by atoms with Crippen LogP contribution in [0.15, 0.2) is 65.9 Å². The fourth-order valence-corrected chi connectivity index (χ4v) is 4.46. The summed E-state index contributed by atoms with van der Waals surface area (Å²) in [6.45, 7) is 6.77. The van der Waals surface area contributed by atoms with E-state index in [4.69, 9.17) is 4.74 Å². The summed E-state index contributed by atoms with van der Waals surface area (Å²) in [7, 11) is 1.66. The first-order chi connectivity index (χ1) is 16.5. The highest BCUT2D eigenvalue weighted by atomic mass is 19.1. The van der Waals surface area contributed by atoms with E-state index in [1.165, 1.54) is 22.6 Å². The minimum atomic E-state index is -0.697. The highest BCUT2D eigenvalue weighted by Gasteiger charge is 2.37. The lowest BCUT2D eigenvalue weighted by Crippen LogP contribution is -2.52. The van der Waals surface area contributed by atoms with Crippen molar-refractivity contribution in [2.75, 3.05) is 46.4 Å². The number of carbonyl (C=O) groups excluding carboxylic acids is 2. The second-order valence-corrected chi connectivity index (χ2v) is 8.61. The van der Waals surface area contributed by atoms with Crippen LogP contribution in [0.5, 0.6) is 0 Å². The molecule has 2 aliphatic heterocycles. The summed E-state index contributed by atoms with van der Waals surface area (Å²) < 4.78 is 18.9. The minimum Gasteiger partial charge on any atom is -0.463 e. The van der Waals surface area contributed by atoms with Gasteiger partial charge in [-0.1, -0.05) is 42.5 Å². The summed E-state index contributed by atoms with van der Waals surface area (Å²) in [6, 6.07) is 15.2. The first-order valence-electron chi connectivity index (χ1n) is 11.6. The predicted octanol–water partition coefficient (Wildman–Crippen LogP) is 3.16. The summed E-state index contributed by atoms with van der Waals surface area (Å²) in [5, 5.41) is 2.87. The maximum atomic E-state index is 13.5. The van der Waals surface area contributed by atoms with Gasteiger partial charge in [0, 0.05) is 52.0 Å². The lowest BCUT2D eigenvalue weighted by molar-refractivity contribution is -0.139. The van der Waals surface area contributed by atoms with Crippen LogP contribution in [0.25, 0.3) is 0 Å². The Balaban J connectivity index is 1.55. The van der Waals surface area contributed by atoms with Gasteiger partial charge in [0.2, 0.25) is 0 Å². The number of esters is 1. The molecule has 8 heteroatoms. The zero-order chi connectivity index (χ0) is 24.1. The molecule has 2 aliphatic rings. The first kappa shape index (κ1) is 23.9. The number of nitrogens with one attached hydrogen (secondary N) is 1. The number of urea groups is 1. The van der Waals surface area contributed by atoms with Crippen LogP contribution in [0.2, 0.25) is 0 Å². The fraction of sp³-hybridized carbons (Fsp3) is 0.385. The number of ether oxygens (including phenoxy) is 1. The van der Waals surface area contributed by atoms with Gasteiger partial charge in [-0.3, -0.25) is 14.7 Å². The molecule has 0 unspecified atom stereocenters. The van der Waals surface area contributed by atoms with Crippen molar-refractivity contribution in [1.29, 1.82) is 0 Å². The Bertz CT molecular complexity index is 1030. The molecular formula is C26H31FN4O3. The van der Waals surface area contributed by atoms with Gasteiger partial charge in [-0.05, 0) is 30.2 Å². The molecule has 1 fully saturated rings. The van der Waals surface area contributed by atoms with Crippen molar-refractivity contribution in [2.24, 2.45) is 0 Å². The Labute approximate surface area is 199 Å². The Morgan fingerprint density at radius 3 is 2.24 bits per heavy atom.